The van der Waals surface area contributed by atoms with Gasteiger partial charge in [0.2, 0.25) is 0 Å². The lowest BCUT2D eigenvalue weighted by molar-refractivity contribution is 0.0907. The molecule has 2 aliphatic carbocycles. The molecule has 3 N–H and O–H groups in total. The van der Waals surface area contributed by atoms with E-state index in [2.05, 4.69) is 21.7 Å². The van der Waals surface area contributed by atoms with E-state index in [0.29, 0.717) is 5.92 Å². The molecule has 0 aliphatic heterocycles. The SMILES string of the molecule is N#CC1(CNC[C@H]2CCCC[C@@H]2NC(=O)c2c[nH]c3ccccc23)CC1. The first-order chi connectivity index (χ1) is 12.7. The smallest absolute Gasteiger partial charge is 0.253 e. The third kappa shape index (κ3) is 3.47. The normalized spacial score (nSPS) is 24.1. The van der Waals surface area contributed by atoms with Gasteiger partial charge in [0.25, 0.3) is 5.91 Å². The van der Waals surface area contributed by atoms with Crippen LogP contribution >= 0.6 is 0 Å². The van der Waals surface area contributed by atoms with Crippen LogP contribution in [0.2, 0.25) is 0 Å². The maximum atomic E-state index is 12.8. The number of hydrogen-bond acceptors (Lipinski definition) is 3. The Balaban J connectivity index is 1.38. The molecule has 5 heteroatoms. The zero-order valence-electron chi connectivity index (χ0n) is 15.1. The molecular weight excluding hydrogens is 324 g/mol. The van der Waals surface area contributed by atoms with Gasteiger partial charge in [-0.1, -0.05) is 31.0 Å². The Morgan fingerprint density at radius 3 is 2.88 bits per heavy atom. The van der Waals surface area contributed by atoms with E-state index in [4.69, 9.17) is 0 Å². The van der Waals surface area contributed by atoms with Crippen molar-refractivity contribution in [1.82, 2.24) is 15.6 Å². The van der Waals surface area contributed by atoms with Crippen molar-refractivity contribution < 1.29 is 4.79 Å². The molecule has 0 bridgehead atoms. The van der Waals surface area contributed by atoms with Crippen LogP contribution in [0.1, 0.15) is 48.9 Å². The molecule has 2 atom stereocenters. The summed E-state index contributed by atoms with van der Waals surface area (Å²) >= 11 is 0. The van der Waals surface area contributed by atoms with Crippen molar-refractivity contribution in [3.05, 3.63) is 36.0 Å². The van der Waals surface area contributed by atoms with Crippen LogP contribution in [-0.2, 0) is 0 Å². The minimum Gasteiger partial charge on any atom is -0.360 e. The molecule has 2 aliphatic rings. The lowest BCUT2D eigenvalue weighted by Crippen LogP contribution is -2.46. The number of para-hydroxylation sites is 1. The van der Waals surface area contributed by atoms with Crippen molar-refractivity contribution in [2.75, 3.05) is 13.1 Å². The Bertz CT molecular complexity index is 830. The van der Waals surface area contributed by atoms with Crippen molar-refractivity contribution >= 4 is 16.8 Å². The number of H-pyrrole nitrogens is 1. The first kappa shape index (κ1) is 17.1. The van der Waals surface area contributed by atoms with Gasteiger partial charge in [-0.15, -0.1) is 0 Å². The van der Waals surface area contributed by atoms with Crippen LogP contribution in [0.4, 0.5) is 0 Å². The molecule has 2 saturated carbocycles. The Labute approximate surface area is 154 Å². The van der Waals surface area contributed by atoms with Crippen LogP contribution in [0.25, 0.3) is 10.9 Å². The number of nitriles is 1. The zero-order valence-corrected chi connectivity index (χ0v) is 15.1. The van der Waals surface area contributed by atoms with Crippen LogP contribution in [0.15, 0.2) is 30.5 Å². The average molecular weight is 350 g/mol. The van der Waals surface area contributed by atoms with Crippen molar-refractivity contribution in [3.8, 4) is 6.07 Å². The standard InChI is InChI=1S/C21H26N4O/c22-13-21(9-10-21)14-23-11-15-5-1-3-7-18(15)25-20(26)17-12-24-19-8-4-2-6-16(17)19/h2,4,6,8,12,15,18,23-24H,1,3,5,7,9-11,14H2,(H,25,26)/t15-,18+/m1/s1. The third-order valence-corrected chi connectivity index (χ3v) is 6.02. The molecule has 0 spiro atoms. The van der Waals surface area contributed by atoms with E-state index in [0.717, 1.165) is 61.7 Å². The van der Waals surface area contributed by atoms with E-state index in [9.17, 15) is 10.1 Å². The number of carbonyl (C=O) groups is 1. The number of fused-ring (bicyclic) bond motifs is 1. The molecule has 26 heavy (non-hydrogen) atoms. The summed E-state index contributed by atoms with van der Waals surface area (Å²) in [6.45, 7) is 1.66. The molecule has 0 saturated heterocycles. The number of aromatic amines is 1. The molecule has 5 nitrogen and oxygen atoms in total. The molecule has 2 fully saturated rings. The van der Waals surface area contributed by atoms with E-state index in [1.807, 2.05) is 24.3 Å². The maximum Gasteiger partial charge on any atom is 0.253 e. The number of aromatic nitrogens is 1. The Morgan fingerprint density at radius 1 is 1.27 bits per heavy atom. The van der Waals surface area contributed by atoms with E-state index >= 15 is 0 Å². The Kier molecular flexibility index (Phi) is 4.69. The lowest BCUT2D eigenvalue weighted by Gasteiger charge is -2.32. The number of rotatable bonds is 6. The van der Waals surface area contributed by atoms with Crippen molar-refractivity contribution in [1.29, 1.82) is 5.26 Å². The van der Waals surface area contributed by atoms with Crippen LogP contribution in [0.5, 0.6) is 0 Å². The summed E-state index contributed by atoms with van der Waals surface area (Å²) in [5, 5.41) is 17.0. The summed E-state index contributed by atoms with van der Waals surface area (Å²) in [6.07, 6.45) is 8.38. The van der Waals surface area contributed by atoms with Crippen LogP contribution in [0, 0.1) is 22.7 Å². The molecule has 1 aromatic heterocycles. The molecule has 2 aromatic rings. The first-order valence-corrected chi connectivity index (χ1v) is 9.70. The highest BCUT2D eigenvalue weighted by atomic mass is 16.1. The lowest BCUT2D eigenvalue weighted by atomic mass is 9.84. The first-order valence-electron chi connectivity index (χ1n) is 9.70. The number of benzene rings is 1. The van der Waals surface area contributed by atoms with Crippen LogP contribution < -0.4 is 10.6 Å². The Hall–Kier alpha value is -2.32. The van der Waals surface area contributed by atoms with Gasteiger partial charge >= 0.3 is 0 Å². The minimum absolute atomic E-state index is 0.00929. The predicted octanol–water partition coefficient (Wildman–Crippen LogP) is 3.35. The number of nitrogens with one attached hydrogen (secondary N) is 3. The fraction of sp³-hybridized carbons (Fsp3) is 0.524. The monoisotopic (exact) mass is 350 g/mol. The third-order valence-electron chi connectivity index (χ3n) is 6.02. The summed E-state index contributed by atoms with van der Waals surface area (Å²) < 4.78 is 0. The Morgan fingerprint density at radius 2 is 2.08 bits per heavy atom. The molecule has 0 radical (unpaired) electrons. The number of carbonyl (C=O) groups excluding carboxylic acids is 1. The summed E-state index contributed by atoms with van der Waals surface area (Å²) in [5.74, 6) is 0.447. The number of nitrogens with zero attached hydrogens (tertiary/aromatic N) is 1. The van der Waals surface area contributed by atoms with Crippen molar-refractivity contribution in [2.24, 2.45) is 11.3 Å². The van der Waals surface area contributed by atoms with Gasteiger partial charge in [-0.25, -0.2) is 0 Å². The van der Waals surface area contributed by atoms with Gasteiger partial charge in [0.05, 0.1) is 17.0 Å². The zero-order chi connectivity index (χ0) is 18.0. The van der Waals surface area contributed by atoms with Gasteiger partial charge in [0.1, 0.15) is 0 Å². The fourth-order valence-electron chi connectivity index (χ4n) is 4.12. The number of hydrogen-bond donors (Lipinski definition) is 3. The fourth-order valence-corrected chi connectivity index (χ4v) is 4.12. The van der Waals surface area contributed by atoms with Gasteiger partial charge in [-0.05, 0) is 44.2 Å². The average Bonchev–Trinajstić information content (AvgIpc) is 3.32. The highest BCUT2D eigenvalue weighted by molar-refractivity contribution is 6.06. The summed E-state index contributed by atoms with van der Waals surface area (Å²) in [7, 11) is 0. The second-order valence-corrected chi connectivity index (χ2v) is 7.90. The molecule has 4 rings (SSSR count). The van der Waals surface area contributed by atoms with Gasteiger partial charge in [0, 0.05) is 29.7 Å². The molecule has 0 unspecified atom stereocenters. The molecule has 136 valence electrons. The summed E-state index contributed by atoms with van der Waals surface area (Å²) in [6, 6.07) is 10.5. The quantitative estimate of drug-likeness (QED) is 0.747. The van der Waals surface area contributed by atoms with E-state index in [1.54, 1.807) is 6.20 Å². The minimum atomic E-state index is -0.114. The molecule has 1 heterocycles. The predicted molar refractivity (Wildman–Crippen MR) is 102 cm³/mol. The van der Waals surface area contributed by atoms with Gasteiger partial charge in [0.15, 0.2) is 0 Å². The van der Waals surface area contributed by atoms with Crippen LogP contribution in [0.3, 0.4) is 0 Å². The van der Waals surface area contributed by atoms with E-state index < -0.39 is 0 Å². The summed E-state index contributed by atoms with van der Waals surface area (Å²) in [5.41, 5.74) is 1.60. The van der Waals surface area contributed by atoms with Crippen LogP contribution in [-0.4, -0.2) is 30.0 Å². The highest BCUT2D eigenvalue weighted by Gasteiger charge is 2.42. The molecule has 1 aromatic carbocycles. The molecule has 1 amide bonds. The van der Waals surface area contributed by atoms with E-state index in [-0.39, 0.29) is 17.4 Å². The van der Waals surface area contributed by atoms with Gasteiger partial charge in [-0.3, -0.25) is 4.79 Å². The second-order valence-electron chi connectivity index (χ2n) is 7.90. The van der Waals surface area contributed by atoms with Crippen molar-refractivity contribution in [2.45, 2.75) is 44.6 Å². The summed E-state index contributed by atoms with van der Waals surface area (Å²) in [4.78, 5) is 16.0. The maximum absolute atomic E-state index is 12.8. The number of amides is 1. The largest absolute Gasteiger partial charge is 0.360 e. The van der Waals surface area contributed by atoms with Gasteiger partial charge in [-0.2, -0.15) is 5.26 Å². The van der Waals surface area contributed by atoms with Gasteiger partial charge < -0.3 is 15.6 Å². The molecular formula is C21H26N4O. The highest BCUT2D eigenvalue weighted by Crippen LogP contribution is 2.44. The second kappa shape index (κ2) is 7.13. The topological polar surface area (TPSA) is 80.7 Å². The van der Waals surface area contributed by atoms with Crippen molar-refractivity contribution in [3.63, 3.8) is 0 Å². The van der Waals surface area contributed by atoms with E-state index in [1.165, 1.54) is 6.42 Å².